The summed E-state index contributed by atoms with van der Waals surface area (Å²) in [7, 11) is 1.75. The lowest BCUT2D eigenvalue weighted by Crippen LogP contribution is -2.19. The summed E-state index contributed by atoms with van der Waals surface area (Å²) in [6.45, 7) is 6.26. The number of methoxy groups -OCH3 is 1. The van der Waals surface area contributed by atoms with Crippen LogP contribution in [0.3, 0.4) is 0 Å². The molecule has 3 heteroatoms. The van der Waals surface area contributed by atoms with E-state index in [9.17, 15) is 0 Å². The molecule has 0 aromatic heterocycles. The lowest BCUT2D eigenvalue weighted by Gasteiger charge is -2.13. The Balaban J connectivity index is 2.57. The van der Waals surface area contributed by atoms with Gasteiger partial charge in [0.05, 0.1) is 7.11 Å². The Morgan fingerprint density at radius 1 is 1.24 bits per heavy atom. The Hall–Kier alpha value is -0.670. The van der Waals surface area contributed by atoms with Crippen LogP contribution in [-0.4, -0.2) is 26.0 Å². The van der Waals surface area contributed by atoms with Gasteiger partial charge in [0.25, 0.3) is 0 Å². The molecule has 0 aliphatic rings. The minimum atomic E-state index is 0.944. The number of hydrogen-bond donors (Lipinski definition) is 2. The van der Waals surface area contributed by atoms with Crippen molar-refractivity contribution in [2.75, 3.05) is 26.0 Å². The van der Waals surface area contributed by atoms with Crippen LogP contribution in [0.1, 0.15) is 23.1 Å². The highest BCUT2D eigenvalue weighted by Gasteiger charge is 2.06. The molecule has 0 aliphatic carbocycles. The third-order valence-electron chi connectivity index (χ3n) is 2.78. The molecular formula is C14H23NOS. The van der Waals surface area contributed by atoms with Gasteiger partial charge in [-0.1, -0.05) is 17.7 Å². The fourth-order valence-electron chi connectivity index (χ4n) is 2.07. The normalized spacial score (nSPS) is 10.6. The number of thiol groups is 1. The average molecular weight is 253 g/mol. The molecule has 0 unspecified atom stereocenters. The van der Waals surface area contributed by atoms with E-state index in [4.69, 9.17) is 4.74 Å². The number of aryl methyl sites for hydroxylation is 2. The average Bonchev–Trinajstić information content (AvgIpc) is 2.28. The first-order valence-electron chi connectivity index (χ1n) is 6.14. The second-order valence-corrected chi connectivity index (χ2v) is 4.80. The molecule has 1 N–H and O–H groups in total. The second-order valence-electron chi connectivity index (χ2n) is 4.35. The highest BCUT2D eigenvalue weighted by Crippen LogP contribution is 2.25. The maximum atomic E-state index is 5.47. The van der Waals surface area contributed by atoms with Gasteiger partial charge in [-0.25, -0.2) is 0 Å². The Morgan fingerprint density at radius 3 is 2.65 bits per heavy atom. The molecule has 0 heterocycles. The summed E-state index contributed by atoms with van der Waals surface area (Å²) >= 11 is 4.19. The van der Waals surface area contributed by atoms with Crippen LogP contribution in [-0.2, 0) is 6.42 Å². The molecule has 0 saturated carbocycles. The van der Waals surface area contributed by atoms with Crippen LogP contribution in [0.15, 0.2) is 12.1 Å². The lowest BCUT2D eigenvalue weighted by atomic mass is 10.0. The first-order chi connectivity index (χ1) is 8.19. The van der Waals surface area contributed by atoms with Crippen LogP contribution in [0.2, 0.25) is 0 Å². The molecule has 0 aliphatic heterocycles. The Bertz CT molecular complexity index is 352. The predicted octanol–water partition coefficient (Wildman–Crippen LogP) is 2.76. The molecule has 0 saturated heterocycles. The largest absolute Gasteiger partial charge is 0.496 e. The Kier molecular flexibility index (Phi) is 6.45. The van der Waals surface area contributed by atoms with Crippen LogP contribution >= 0.6 is 12.6 Å². The molecule has 96 valence electrons. The van der Waals surface area contributed by atoms with Crippen LogP contribution in [0.5, 0.6) is 5.75 Å². The number of nitrogens with one attached hydrogen (secondary N) is 1. The summed E-state index contributed by atoms with van der Waals surface area (Å²) in [5, 5.41) is 3.42. The number of hydrogen-bond acceptors (Lipinski definition) is 3. The minimum Gasteiger partial charge on any atom is -0.496 e. The summed E-state index contributed by atoms with van der Waals surface area (Å²) in [5.74, 6) is 1.98. The summed E-state index contributed by atoms with van der Waals surface area (Å²) in [5.41, 5.74) is 3.81. The molecule has 0 amide bonds. The standard InChI is InChI=1S/C14H23NOS/c1-11-9-12(2)14(16-3)13(10-11)5-7-15-6-4-8-17/h9-10,15,17H,4-8H2,1-3H3. The maximum absolute atomic E-state index is 5.47. The van der Waals surface area contributed by atoms with Gasteiger partial charge in [-0.3, -0.25) is 0 Å². The fraction of sp³-hybridized carbons (Fsp3) is 0.571. The summed E-state index contributed by atoms with van der Waals surface area (Å²) in [4.78, 5) is 0. The van der Waals surface area contributed by atoms with Crippen molar-refractivity contribution < 1.29 is 4.74 Å². The van der Waals surface area contributed by atoms with Crippen molar-refractivity contribution in [3.8, 4) is 5.75 Å². The van der Waals surface area contributed by atoms with Crippen molar-refractivity contribution in [3.63, 3.8) is 0 Å². The molecule has 17 heavy (non-hydrogen) atoms. The zero-order chi connectivity index (χ0) is 12.7. The van der Waals surface area contributed by atoms with E-state index in [1.165, 1.54) is 16.7 Å². The van der Waals surface area contributed by atoms with Crippen LogP contribution in [0.4, 0.5) is 0 Å². The van der Waals surface area contributed by atoms with E-state index in [-0.39, 0.29) is 0 Å². The number of rotatable bonds is 7. The monoisotopic (exact) mass is 253 g/mol. The van der Waals surface area contributed by atoms with E-state index in [1.54, 1.807) is 7.11 Å². The van der Waals surface area contributed by atoms with Gasteiger partial charge in [0.15, 0.2) is 0 Å². The van der Waals surface area contributed by atoms with E-state index < -0.39 is 0 Å². The molecule has 0 fully saturated rings. The zero-order valence-corrected chi connectivity index (χ0v) is 11.9. The van der Waals surface area contributed by atoms with E-state index in [1.807, 2.05) is 0 Å². The smallest absolute Gasteiger partial charge is 0.125 e. The molecule has 2 nitrogen and oxygen atoms in total. The van der Waals surface area contributed by atoms with Crippen LogP contribution in [0, 0.1) is 13.8 Å². The number of ether oxygens (including phenoxy) is 1. The summed E-state index contributed by atoms with van der Waals surface area (Å²) < 4.78 is 5.47. The summed E-state index contributed by atoms with van der Waals surface area (Å²) in [6, 6.07) is 4.38. The molecule has 0 atom stereocenters. The predicted molar refractivity (Wildman–Crippen MR) is 77.5 cm³/mol. The lowest BCUT2D eigenvalue weighted by molar-refractivity contribution is 0.406. The molecule has 1 aromatic rings. The van der Waals surface area contributed by atoms with Gasteiger partial charge in [-0.2, -0.15) is 12.6 Å². The van der Waals surface area contributed by atoms with Crippen LogP contribution in [0.25, 0.3) is 0 Å². The van der Waals surface area contributed by atoms with E-state index >= 15 is 0 Å². The topological polar surface area (TPSA) is 21.3 Å². The third kappa shape index (κ3) is 4.60. The fourth-order valence-corrected chi connectivity index (χ4v) is 2.23. The van der Waals surface area contributed by atoms with Crippen molar-refractivity contribution in [2.24, 2.45) is 0 Å². The van der Waals surface area contributed by atoms with Gasteiger partial charge in [-0.05, 0) is 56.7 Å². The van der Waals surface area contributed by atoms with Crippen molar-refractivity contribution in [1.82, 2.24) is 5.32 Å². The van der Waals surface area contributed by atoms with Gasteiger partial charge in [0, 0.05) is 0 Å². The van der Waals surface area contributed by atoms with Gasteiger partial charge in [-0.15, -0.1) is 0 Å². The maximum Gasteiger partial charge on any atom is 0.125 e. The molecular weight excluding hydrogens is 230 g/mol. The van der Waals surface area contributed by atoms with Crippen molar-refractivity contribution in [1.29, 1.82) is 0 Å². The molecule has 1 rings (SSSR count). The minimum absolute atomic E-state index is 0.944. The second kappa shape index (κ2) is 7.62. The Morgan fingerprint density at radius 2 is 2.00 bits per heavy atom. The van der Waals surface area contributed by atoms with E-state index in [2.05, 4.69) is 43.9 Å². The summed E-state index contributed by atoms with van der Waals surface area (Å²) in [6.07, 6.45) is 2.13. The van der Waals surface area contributed by atoms with E-state index in [0.717, 1.165) is 37.4 Å². The zero-order valence-electron chi connectivity index (χ0n) is 11.0. The first kappa shape index (κ1) is 14.4. The van der Waals surface area contributed by atoms with Crippen molar-refractivity contribution >= 4 is 12.6 Å². The Labute approximate surface area is 110 Å². The molecule has 1 aromatic carbocycles. The van der Waals surface area contributed by atoms with Gasteiger partial charge in [0.1, 0.15) is 5.75 Å². The highest BCUT2D eigenvalue weighted by molar-refractivity contribution is 7.80. The van der Waals surface area contributed by atoms with Crippen molar-refractivity contribution in [3.05, 3.63) is 28.8 Å². The highest BCUT2D eigenvalue weighted by atomic mass is 32.1. The van der Waals surface area contributed by atoms with Crippen LogP contribution < -0.4 is 10.1 Å². The molecule has 0 bridgehead atoms. The van der Waals surface area contributed by atoms with E-state index in [0.29, 0.717) is 0 Å². The van der Waals surface area contributed by atoms with Gasteiger partial charge < -0.3 is 10.1 Å². The molecule has 0 spiro atoms. The molecule has 0 radical (unpaired) electrons. The SMILES string of the molecule is COc1c(C)cc(C)cc1CCNCCCS. The quantitative estimate of drug-likeness (QED) is 0.576. The first-order valence-corrected chi connectivity index (χ1v) is 6.78. The van der Waals surface area contributed by atoms with Gasteiger partial charge in [0.2, 0.25) is 0 Å². The van der Waals surface area contributed by atoms with Crippen molar-refractivity contribution in [2.45, 2.75) is 26.7 Å². The third-order valence-corrected chi connectivity index (χ3v) is 3.10. The number of benzene rings is 1. The van der Waals surface area contributed by atoms with Gasteiger partial charge >= 0.3 is 0 Å².